The maximum absolute atomic E-state index is 6.38. The summed E-state index contributed by atoms with van der Waals surface area (Å²) in [5.41, 5.74) is 7.62. The summed E-state index contributed by atoms with van der Waals surface area (Å²) in [6.45, 7) is 10.1. The summed E-state index contributed by atoms with van der Waals surface area (Å²) < 4.78 is 0. The van der Waals surface area contributed by atoms with Crippen molar-refractivity contribution in [3.63, 3.8) is 0 Å². The highest BCUT2D eigenvalue weighted by atomic mass is 15.2. The van der Waals surface area contributed by atoms with Crippen molar-refractivity contribution >= 4 is 0 Å². The molecule has 0 saturated carbocycles. The number of nitrogens with two attached hydrogens (primary N) is 1. The molecule has 0 aromatic heterocycles. The van der Waals surface area contributed by atoms with Crippen LogP contribution in [0.1, 0.15) is 32.4 Å². The molecule has 2 unspecified atom stereocenters. The fourth-order valence-corrected chi connectivity index (χ4v) is 3.11. The molecule has 1 aromatic rings. The molecule has 3 nitrogen and oxygen atoms in total. The van der Waals surface area contributed by atoms with Gasteiger partial charge in [0.25, 0.3) is 0 Å². The van der Waals surface area contributed by atoms with Gasteiger partial charge in [-0.1, -0.05) is 37.3 Å². The van der Waals surface area contributed by atoms with Crippen molar-refractivity contribution in [3.05, 3.63) is 35.9 Å². The van der Waals surface area contributed by atoms with Crippen molar-refractivity contribution in [3.8, 4) is 0 Å². The molecule has 3 heteroatoms. The summed E-state index contributed by atoms with van der Waals surface area (Å²) >= 11 is 0. The molecule has 1 saturated heterocycles. The molecule has 0 amide bonds. The van der Waals surface area contributed by atoms with E-state index in [1.807, 2.05) is 6.07 Å². The van der Waals surface area contributed by atoms with E-state index >= 15 is 0 Å². The van der Waals surface area contributed by atoms with Crippen molar-refractivity contribution in [2.75, 3.05) is 19.6 Å². The lowest BCUT2D eigenvalue weighted by Gasteiger charge is -2.38. The molecule has 19 heavy (non-hydrogen) atoms. The molecular formula is C16H27N3. The summed E-state index contributed by atoms with van der Waals surface area (Å²) in [6.07, 6.45) is 0. The van der Waals surface area contributed by atoms with E-state index in [4.69, 9.17) is 5.73 Å². The fourth-order valence-electron chi connectivity index (χ4n) is 3.11. The zero-order valence-electron chi connectivity index (χ0n) is 12.3. The standard InChI is InChI=1S/C16H27N3/c1-12(16(17)15-7-5-4-6-8-15)9-19-10-13(2)18-14(3)11-19/h4-8,12-14,16,18H,9-11,17H2,1-3H3/t12-,13?,14?,16+/m0/s1. The van der Waals surface area contributed by atoms with Crippen LogP contribution in [0.4, 0.5) is 0 Å². The minimum Gasteiger partial charge on any atom is -0.324 e. The topological polar surface area (TPSA) is 41.3 Å². The molecule has 0 aliphatic carbocycles. The molecule has 4 atom stereocenters. The third kappa shape index (κ3) is 4.03. The first-order chi connectivity index (χ1) is 9.06. The van der Waals surface area contributed by atoms with Gasteiger partial charge in [0.05, 0.1) is 0 Å². The number of benzene rings is 1. The van der Waals surface area contributed by atoms with Crippen LogP contribution in [0.5, 0.6) is 0 Å². The average molecular weight is 261 g/mol. The van der Waals surface area contributed by atoms with Gasteiger partial charge in [-0.3, -0.25) is 4.90 Å². The Morgan fingerprint density at radius 3 is 2.37 bits per heavy atom. The van der Waals surface area contributed by atoms with Gasteiger partial charge in [-0.2, -0.15) is 0 Å². The van der Waals surface area contributed by atoms with E-state index in [1.54, 1.807) is 0 Å². The van der Waals surface area contributed by atoms with E-state index in [9.17, 15) is 0 Å². The monoisotopic (exact) mass is 261 g/mol. The number of nitrogens with one attached hydrogen (secondary N) is 1. The molecule has 1 aromatic carbocycles. The number of piperazine rings is 1. The molecule has 106 valence electrons. The molecule has 2 rings (SSSR count). The maximum Gasteiger partial charge on any atom is 0.0333 e. The van der Waals surface area contributed by atoms with Crippen LogP contribution in [0.15, 0.2) is 30.3 Å². The lowest BCUT2D eigenvalue weighted by Crippen LogP contribution is -2.55. The quantitative estimate of drug-likeness (QED) is 0.871. The van der Waals surface area contributed by atoms with Crippen LogP contribution < -0.4 is 11.1 Å². The smallest absolute Gasteiger partial charge is 0.0333 e. The normalized spacial score (nSPS) is 28.0. The van der Waals surface area contributed by atoms with E-state index in [0.29, 0.717) is 18.0 Å². The van der Waals surface area contributed by atoms with Crippen LogP contribution in [0.2, 0.25) is 0 Å². The van der Waals surface area contributed by atoms with Crippen LogP contribution in [0.25, 0.3) is 0 Å². The van der Waals surface area contributed by atoms with Gasteiger partial charge in [0.1, 0.15) is 0 Å². The first-order valence-electron chi connectivity index (χ1n) is 7.35. The van der Waals surface area contributed by atoms with Crippen molar-refractivity contribution in [1.29, 1.82) is 0 Å². The predicted octanol–water partition coefficient (Wildman–Crippen LogP) is 2.00. The minimum absolute atomic E-state index is 0.127. The third-order valence-electron chi connectivity index (χ3n) is 3.98. The van der Waals surface area contributed by atoms with Crippen molar-refractivity contribution in [2.45, 2.75) is 38.9 Å². The van der Waals surface area contributed by atoms with Crippen LogP contribution in [0.3, 0.4) is 0 Å². The highest BCUT2D eigenvalue weighted by Gasteiger charge is 2.24. The van der Waals surface area contributed by atoms with Gasteiger partial charge in [-0.05, 0) is 25.3 Å². The number of rotatable bonds is 4. The Labute approximate surface area is 117 Å². The Morgan fingerprint density at radius 2 is 1.79 bits per heavy atom. The average Bonchev–Trinajstić information content (AvgIpc) is 2.37. The predicted molar refractivity (Wildman–Crippen MR) is 81.0 cm³/mol. The van der Waals surface area contributed by atoms with E-state index in [0.717, 1.165) is 19.6 Å². The largest absolute Gasteiger partial charge is 0.324 e. The Balaban J connectivity index is 1.91. The summed E-state index contributed by atoms with van der Waals surface area (Å²) in [7, 11) is 0. The first-order valence-corrected chi connectivity index (χ1v) is 7.35. The summed E-state index contributed by atoms with van der Waals surface area (Å²) in [4.78, 5) is 2.54. The Kier molecular flexibility index (Phi) is 4.97. The summed E-state index contributed by atoms with van der Waals surface area (Å²) in [5.74, 6) is 0.472. The number of hydrogen-bond donors (Lipinski definition) is 2. The lowest BCUT2D eigenvalue weighted by molar-refractivity contribution is 0.147. The van der Waals surface area contributed by atoms with Gasteiger partial charge in [-0.25, -0.2) is 0 Å². The minimum atomic E-state index is 0.127. The van der Waals surface area contributed by atoms with E-state index < -0.39 is 0 Å². The van der Waals surface area contributed by atoms with Gasteiger partial charge >= 0.3 is 0 Å². The second-order valence-electron chi connectivity index (χ2n) is 6.10. The molecule has 3 N–H and O–H groups in total. The Bertz CT molecular complexity index is 369. The van der Waals surface area contributed by atoms with Gasteiger partial charge in [0.15, 0.2) is 0 Å². The zero-order valence-corrected chi connectivity index (χ0v) is 12.3. The Hall–Kier alpha value is -0.900. The molecular weight excluding hydrogens is 234 g/mol. The van der Waals surface area contributed by atoms with Gasteiger partial charge in [0.2, 0.25) is 0 Å². The van der Waals surface area contributed by atoms with E-state index in [1.165, 1.54) is 5.56 Å². The first kappa shape index (κ1) is 14.5. The third-order valence-corrected chi connectivity index (χ3v) is 3.98. The van der Waals surface area contributed by atoms with Gasteiger partial charge in [-0.15, -0.1) is 0 Å². The Morgan fingerprint density at radius 1 is 1.21 bits per heavy atom. The molecule has 1 fully saturated rings. The molecule has 0 bridgehead atoms. The fraction of sp³-hybridized carbons (Fsp3) is 0.625. The molecule has 1 aliphatic rings. The van der Waals surface area contributed by atoms with Gasteiger partial charge < -0.3 is 11.1 Å². The molecule has 1 aliphatic heterocycles. The van der Waals surface area contributed by atoms with Crippen LogP contribution in [-0.2, 0) is 0 Å². The summed E-state index contributed by atoms with van der Waals surface area (Å²) in [6, 6.07) is 11.7. The molecule has 0 spiro atoms. The maximum atomic E-state index is 6.38. The van der Waals surface area contributed by atoms with Crippen LogP contribution >= 0.6 is 0 Å². The van der Waals surface area contributed by atoms with E-state index in [-0.39, 0.29) is 6.04 Å². The van der Waals surface area contributed by atoms with Gasteiger partial charge in [0, 0.05) is 37.8 Å². The number of hydrogen-bond acceptors (Lipinski definition) is 3. The second kappa shape index (κ2) is 6.51. The highest BCUT2D eigenvalue weighted by molar-refractivity contribution is 5.19. The van der Waals surface area contributed by atoms with Crippen LogP contribution in [0, 0.1) is 5.92 Å². The lowest BCUT2D eigenvalue weighted by atomic mass is 9.94. The second-order valence-corrected chi connectivity index (χ2v) is 6.10. The van der Waals surface area contributed by atoms with Crippen LogP contribution in [-0.4, -0.2) is 36.6 Å². The van der Waals surface area contributed by atoms with Crippen molar-refractivity contribution < 1.29 is 0 Å². The highest BCUT2D eigenvalue weighted by Crippen LogP contribution is 2.20. The molecule has 1 heterocycles. The molecule has 0 radical (unpaired) electrons. The van der Waals surface area contributed by atoms with Crippen molar-refractivity contribution in [1.82, 2.24) is 10.2 Å². The zero-order chi connectivity index (χ0) is 13.8. The number of nitrogens with zero attached hydrogens (tertiary/aromatic N) is 1. The SMILES string of the molecule is CC1CN(C[C@H](C)[C@@H](N)c2ccccc2)CC(C)N1. The van der Waals surface area contributed by atoms with E-state index in [2.05, 4.69) is 55.3 Å². The van der Waals surface area contributed by atoms with Crippen molar-refractivity contribution in [2.24, 2.45) is 11.7 Å². The summed E-state index contributed by atoms with van der Waals surface area (Å²) in [5, 5.41) is 3.57.